The molecule has 2 amide bonds. The maximum Gasteiger partial charge on any atom is 0.416 e. The van der Waals surface area contributed by atoms with Gasteiger partial charge >= 0.3 is 18.4 Å². The van der Waals surface area contributed by atoms with Crippen molar-refractivity contribution in [2.24, 2.45) is 0 Å². The summed E-state index contributed by atoms with van der Waals surface area (Å²) < 4.78 is 77.4. The minimum Gasteiger partial charge on any atom is -0.308 e. The standard InChI is InChI=1S/C21H14F6N2O/c22-20(23,24)15-10-16(21(25,26)27)12-18(11-15)29-19(30)28-17-8-6-14(7-9-17)13-4-2-1-3-5-13/h1-12H,(H2,28,29,30). The molecular formula is C21H14F6N2O. The molecule has 3 aromatic rings. The molecule has 3 rings (SSSR count). The van der Waals surface area contributed by atoms with E-state index in [1.807, 2.05) is 35.6 Å². The first kappa shape index (κ1) is 21.2. The summed E-state index contributed by atoms with van der Waals surface area (Å²) in [6, 6.07) is 15.8. The van der Waals surface area contributed by atoms with Gasteiger partial charge in [-0.25, -0.2) is 4.79 Å². The van der Waals surface area contributed by atoms with Gasteiger partial charge in [-0.05, 0) is 41.5 Å². The Labute approximate surface area is 167 Å². The maximum absolute atomic E-state index is 12.9. The van der Waals surface area contributed by atoms with Gasteiger partial charge in [-0.2, -0.15) is 26.3 Å². The van der Waals surface area contributed by atoms with E-state index in [0.29, 0.717) is 17.8 Å². The van der Waals surface area contributed by atoms with Crippen molar-refractivity contribution < 1.29 is 31.1 Å². The van der Waals surface area contributed by atoms with Crippen LogP contribution in [0.25, 0.3) is 11.1 Å². The quantitative estimate of drug-likeness (QED) is 0.435. The Kier molecular flexibility index (Phi) is 5.73. The van der Waals surface area contributed by atoms with Crippen molar-refractivity contribution in [3.63, 3.8) is 0 Å². The summed E-state index contributed by atoms with van der Waals surface area (Å²) in [5.74, 6) is 0. The highest BCUT2D eigenvalue weighted by Gasteiger charge is 2.37. The molecule has 0 aliphatic carbocycles. The van der Waals surface area contributed by atoms with Gasteiger partial charge in [0.15, 0.2) is 0 Å². The van der Waals surface area contributed by atoms with Gasteiger partial charge < -0.3 is 10.6 Å². The van der Waals surface area contributed by atoms with E-state index in [1.54, 1.807) is 24.3 Å². The second-order valence-electron chi connectivity index (χ2n) is 6.32. The van der Waals surface area contributed by atoms with Crippen LogP contribution in [0.5, 0.6) is 0 Å². The van der Waals surface area contributed by atoms with E-state index < -0.39 is 35.2 Å². The summed E-state index contributed by atoms with van der Waals surface area (Å²) in [6.07, 6.45) is -10.00. The van der Waals surface area contributed by atoms with Crippen molar-refractivity contribution in [2.75, 3.05) is 10.6 Å². The highest BCUT2D eigenvalue weighted by Crippen LogP contribution is 2.37. The average molecular weight is 424 g/mol. The topological polar surface area (TPSA) is 41.1 Å². The van der Waals surface area contributed by atoms with Gasteiger partial charge in [-0.15, -0.1) is 0 Å². The number of anilines is 2. The van der Waals surface area contributed by atoms with Crippen LogP contribution in [0.1, 0.15) is 11.1 Å². The molecule has 0 aromatic heterocycles. The Morgan fingerprint density at radius 1 is 0.600 bits per heavy atom. The van der Waals surface area contributed by atoms with Crippen molar-refractivity contribution >= 4 is 17.4 Å². The van der Waals surface area contributed by atoms with Crippen LogP contribution in [0.4, 0.5) is 42.5 Å². The third-order valence-corrected chi connectivity index (χ3v) is 4.10. The van der Waals surface area contributed by atoms with E-state index in [4.69, 9.17) is 0 Å². The third kappa shape index (κ3) is 5.31. The van der Waals surface area contributed by atoms with E-state index in [0.717, 1.165) is 11.1 Å². The monoisotopic (exact) mass is 424 g/mol. The number of nitrogens with one attached hydrogen (secondary N) is 2. The number of hydrogen-bond donors (Lipinski definition) is 2. The van der Waals surface area contributed by atoms with Crippen LogP contribution in [0, 0.1) is 0 Å². The van der Waals surface area contributed by atoms with Crippen LogP contribution in [-0.2, 0) is 12.4 Å². The molecule has 0 radical (unpaired) electrons. The zero-order valence-corrected chi connectivity index (χ0v) is 15.1. The number of benzene rings is 3. The van der Waals surface area contributed by atoms with Crippen LogP contribution >= 0.6 is 0 Å². The van der Waals surface area contributed by atoms with Crippen LogP contribution in [0.2, 0.25) is 0 Å². The van der Waals surface area contributed by atoms with Gasteiger partial charge in [0.05, 0.1) is 11.1 Å². The Hall–Kier alpha value is -3.49. The fourth-order valence-electron chi connectivity index (χ4n) is 2.70. The lowest BCUT2D eigenvalue weighted by Crippen LogP contribution is -2.20. The molecule has 0 aliphatic heterocycles. The number of hydrogen-bond acceptors (Lipinski definition) is 1. The number of rotatable bonds is 3. The lowest BCUT2D eigenvalue weighted by Gasteiger charge is -2.15. The molecular weight excluding hydrogens is 410 g/mol. The van der Waals surface area contributed by atoms with E-state index in [-0.39, 0.29) is 6.07 Å². The Balaban J connectivity index is 1.76. The molecule has 0 spiro atoms. The van der Waals surface area contributed by atoms with Crippen molar-refractivity contribution in [1.29, 1.82) is 0 Å². The van der Waals surface area contributed by atoms with Gasteiger partial charge in [0.2, 0.25) is 0 Å². The largest absolute Gasteiger partial charge is 0.416 e. The van der Waals surface area contributed by atoms with Crippen LogP contribution in [-0.4, -0.2) is 6.03 Å². The van der Waals surface area contributed by atoms with Crippen LogP contribution in [0.3, 0.4) is 0 Å². The first-order valence-corrected chi connectivity index (χ1v) is 8.55. The van der Waals surface area contributed by atoms with E-state index in [9.17, 15) is 31.1 Å². The molecule has 0 fully saturated rings. The molecule has 0 unspecified atom stereocenters. The molecule has 0 aliphatic rings. The zero-order chi connectivity index (χ0) is 21.9. The summed E-state index contributed by atoms with van der Waals surface area (Å²) in [5.41, 5.74) is -1.53. The third-order valence-electron chi connectivity index (χ3n) is 4.10. The second kappa shape index (κ2) is 8.10. The molecule has 2 N–H and O–H groups in total. The van der Waals surface area contributed by atoms with Crippen LogP contribution in [0.15, 0.2) is 72.8 Å². The molecule has 3 nitrogen and oxygen atoms in total. The number of carbonyl (C=O) groups excluding carboxylic acids is 1. The summed E-state index contributed by atoms with van der Waals surface area (Å²) in [4.78, 5) is 12.1. The van der Waals surface area contributed by atoms with E-state index in [2.05, 4.69) is 5.32 Å². The molecule has 0 saturated heterocycles. The lowest BCUT2D eigenvalue weighted by molar-refractivity contribution is -0.143. The van der Waals surface area contributed by atoms with Gasteiger partial charge in [0, 0.05) is 11.4 Å². The van der Waals surface area contributed by atoms with Crippen molar-refractivity contribution in [2.45, 2.75) is 12.4 Å². The molecule has 156 valence electrons. The van der Waals surface area contributed by atoms with Crippen molar-refractivity contribution in [3.8, 4) is 11.1 Å². The van der Waals surface area contributed by atoms with Crippen molar-refractivity contribution in [3.05, 3.63) is 83.9 Å². The Morgan fingerprint density at radius 3 is 1.57 bits per heavy atom. The molecule has 30 heavy (non-hydrogen) atoms. The first-order chi connectivity index (χ1) is 14.0. The molecule has 0 atom stereocenters. The lowest BCUT2D eigenvalue weighted by atomic mass is 10.1. The fourth-order valence-corrected chi connectivity index (χ4v) is 2.70. The number of carbonyl (C=O) groups is 1. The SMILES string of the molecule is O=C(Nc1ccc(-c2ccccc2)cc1)Nc1cc(C(F)(F)F)cc(C(F)(F)F)c1. The predicted octanol–water partition coefficient (Wildman–Crippen LogP) is 7.04. The normalized spacial score (nSPS) is 11.8. The molecule has 0 saturated carbocycles. The van der Waals surface area contributed by atoms with E-state index >= 15 is 0 Å². The molecule has 0 bridgehead atoms. The van der Waals surface area contributed by atoms with Gasteiger partial charge in [0.1, 0.15) is 0 Å². The zero-order valence-electron chi connectivity index (χ0n) is 15.1. The summed E-state index contributed by atoms with van der Waals surface area (Å²) >= 11 is 0. The summed E-state index contributed by atoms with van der Waals surface area (Å²) in [7, 11) is 0. The summed E-state index contributed by atoms with van der Waals surface area (Å²) in [5, 5.41) is 4.38. The second-order valence-corrected chi connectivity index (χ2v) is 6.32. The van der Waals surface area contributed by atoms with Gasteiger partial charge in [-0.3, -0.25) is 0 Å². The van der Waals surface area contributed by atoms with Gasteiger partial charge in [-0.1, -0.05) is 42.5 Å². The minimum absolute atomic E-state index is 0.00854. The predicted molar refractivity (Wildman–Crippen MR) is 101 cm³/mol. The highest BCUT2D eigenvalue weighted by atomic mass is 19.4. The van der Waals surface area contributed by atoms with E-state index in [1.165, 1.54) is 0 Å². The Bertz CT molecular complexity index is 996. The highest BCUT2D eigenvalue weighted by molar-refractivity contribution is 6.00. The van der Waals surface area contributed by atoms with Gasteiger partial charge in [0.25, 0.3) is 0 Å². The van der Waals surface area contributed by atoms with Crippen LogP contribution < -0.4 is 10.6 Å². The molecule has 9 heteroatoms. The summed E-state index contributed by atoms with van der Waals surface area (Å²) in [6.45, 7) is 0. The smallest absolute Gasteiger partial charge is 0.308 e. The number of halogens is 6. The maximum atomic E-state index is 12.9. The average Bonchev–Trinajstić information content (AvgIpc) is 2.67. The molecule has 0 heterocycles. The minimum atomic E-state index is -5.00. The number of amides is 2. The number of alkyl halides is 6. The Morgan fingerprint density at radius 2 is 1.07 bits per heavy atom. The number of urea groups is 1. The first-order valence-electron chi connectivity index (χ1n) is 8.55. The van der Waals surface area contributed by atoms with Crippen molar-refractivity contribution in [1.82, 2.24) is 0 Å². The fraction of sp³-hybridized carbons (Fsp3) is 0.0952. The molecule has 3 aromatic carbocycles.